The highest BCUT2D eigenvalue weighted by Gasteiger charge is 2.06. The second-order valence-corrected chi connectivity index (χ2v) is 4.85. The first-order valence-corrected chi connectivity index (χ1v) is 6.97. The van der Waals surface area contributed by atoms with Crippen LogP contribution in [-0.4, -0.2) is 38.1 Å². The third kappa shape index (κ3) is 6.76. The average Bonchev–Trinajstić information content (AvgIpc) is 2.49. The predicted octanol–water partition coefficient (Wildman–Crippen LogP) is 0.669. The van der Waals surface area contributed by atoms with Crippen molar-refractivity contribution in [3.63, 3.8) is 0 Å². The number of hydrogen-bond acceptors (Lipinski definition) is 4. The molecule has 1 aromatic carbocycles. The molecule has 0 aliphatic rings. The number of benzene rings is 1. The summed E-state index contributed by atoms with van der Waals surface area (Å²) in [5.41, 5.74) is 6.10. The van der Waals surface area contributed by atoms with E-state index in [4.69, 9.17) is 10.5 Å². The third-order valence-corrected chi connectivity index (χ3v) is 2.89. The molecule has 0 spiro atoms. The van der Waals surface area contributed by atoms with E-state index in [1.165, 1.54) is 0 Å². The number of nitrogens with one attached hydrogen (secondary N) is 2. The Morgan fingerprint density at radius 1 is 1.29 bits per heavy atom. The molecule has 21 heavy (non-hydrogen) atoms. The maximum Gasteiger partial charge on any atom is 0.251 e. The molecule has 2 amide bonds. The molecule has 0 aliphatic carbocycles. The molecule has 0 saturated heterocycles. The zero-order valence-electron chi connectivity index (χ0n) is 12.5. The molecule has 0 radical (unpaired) electrons. The van der Waals surface area contributed by atoms with Gasteiger partial charge in [0.1, 0.15) is 5.75 Å². The fourth-order valence-electron chi connectivity index (χ4n) is 1.69. The van der Waals surface area contributed by atoms with Crippen molar-refractivity contribution in [1.82, 2.24) is 10.6 Å². The zero-order chi connectivity index (χ0) is 15.7. The first kappa shape index (κ1) is 17.0. The second-order valence-electron chi connectivity index (χ2n) is 4.85. The van der Waals surface area contributed by atoms with E-state index in [0.29, 0.717) is 37.2 Å². The summed E-state index contributed by atoms with van der Waals surface area (Å²) in [5, 5.41) is 5.47. The van der Waals surface area contributed by atoms with Crippen LogP contribution in [-0.2, 0) is 4.79 Å². The lowest BCUT2D eigenvalue weighted by molar-refractivity contribution is -0.121. The van der Waals surface area contributed by atoms with E-state index < -0.39 is 0 Å². The molecule has 1 unspecified atom stereocenters. The molecule has 0 aromatic heterocycles. The summed E-state index contributed by atoms with van der Waals surface area (Å²) >= 11 is 0. The monoisotopic (exact) mass is 293 g/mol. The van der Waals surface area contributed by atoms with Gasteiger partial charge in [-0.1, -0.05) is 6.07 Å². The molecule has 0 fully saturated rings. The van der Waals surface area contributed by atoms with E-state index in [-0.39, 0.29) is 17.9 Å². The molecule has 0 saturated carbocycles. The van der Waals surface area contributed by atoms with Gasteiger partial charge in [0.2, 0.25) is 5.91 Å². The minimum Gasteiger partial charge on any atom is -0.497 e. The van der Waals surface area contributed by atoms with Gasteiger partial charge in [-0.15, -0.1) is 0 Å². The van der Waals surface area contributed by atoms with Crippen LogP contribution in [0.4, 0.5) is 0 Å². The molecule has 4 N–H and O–H groups in total. The van der Waals surface area contributed by atoms with Gasteiger partial charge in [0.15, 0.2) is 0 Å². The first-order valence-electron chi connectivity index (χ1n) is 6.97. The van der Waals surface area contributed by atoms with Crippen molar-refractivity contribution in [3.05, 3.63) is 29.8 Å². The SMILES string of the molecule is COc1cccc(C(=O)NCCNC(=O)CCC(C)N)c1. The summed E-state index contributed by atoms with van der Waals surface area (Å²) < 4.78 is 5.06. The number of methoxy groups -OCH3 is 1. The van der Waals surface area contributed by atoms with Crippen LogP contribution in [0.3, 0.4) is 0 Å². The van der Waals surface area contributed by atoms with E-state index in [9.17, 15) is 9.59 Å². The number of carbonyl (C=O) groups excluding carboxylic acids is 2. The predicted molar refractivity (Wildman–Crippen MR) is 81.2 cm³/mol. The van der Waals surface area contributed by atoms with Gasteiger partial charge < -0.3 is 21.1 Å². The molecule has 116 valence electrons. The maximum atomic E-state index is 11.9. The zero-order valence-corrected chi connectivity index (χ0v) is 12.5. The number of rotatable bonds is 8. The Hall–Kier alpha value is -2.08. The summed E-state index contributed by atoms with van der Waals surface area (Å²) in [6, 6.07) is 6.91. The van der Waals surface area contributed by atoms with Crippen molar-refractivity contribution in [2.45, 2.75) is 25.8 Å². The number of ether oxygens (including phenoxy) is 1. The first-order chi connectivity index (χ1) is 10.0. The molecule has 1 aromatic rings. The quantitative estimate of drug-likeness (QED) is 0.614. The van der Waals surface area contributed by atoms with Gasteiger partial charge in [0.25, 0.3) is 5.91 Å². The van der Waals surface area contributed by atoms with Crippen molar-refractivity contribution >= 4 is 11.8 Å². The molecule has 6 nitrogen and oxygen atoms in total. The lowest BCUT2D eigenvalue weighted by atomic mass is 10.2. The number of amides is 2. The Bertz CT molecular complexity index is 475. The summed E-state index contributed by atoms with van der Waals surface area (Å²) in [6.45, 7) is 2.63. The Labute approximate surface area is 125 Å². The molecular weight excluding hydrogens is 270 g/mol. The Morgan fingerprint density at radius 2 is 2.00 bits per heavy atom. The topological polar surface area (TPSA) is 93.5 Å². The van der Waals surface area contributed by atoms with Crippen LogP contribution in [0, 0.1) is 0 Å². The van der Waals surface area contributed by atoms with E-state index in [1.807, 2.05) is 6.92 Å². The number of carbonyl (C=O) groups is 2. The molecule has 0 bridgehead atoms. The van der Waals surface area contributed by atoms with Gasteiger partial charge in [-0.2, -0.15) is 0 Å². The van der Waals surface area contributed by atoms with Crippen LogP contribution in [0.15, 0.2) is 24.3 Å². The third-order valence-electron chi connectivity index (χ3n) is 2.89. The fourth-order valence-corrected chi connectivity index (χ4v) is 1.69. The second kappa shape index (κ2) is 8.97. The highest BCUT2D eigenvalue weighted by atomic mass is 16.5. The van der Waals surface area contributed by atoms with Gasteiger partial charge in [0.05, 0.1) is 7.11 Å². The van der Waals surface area contributed by atoms with Crippen molar-refractivity contribution < 1.29 is 14.3 Å². The molecule has 1 rings (SSSR count). The normalized spacial score (nSPS) is 11.6. The summed E-state index contributed by atoms with van der Waals surface area (Å²) in [5.74, 6) is 0.383. The maximum absolute atomic E-state index is 11.9. The van der Waals surface area contributed by atoms with Crippen LogP contribution in [0.25, 0.3) is 0 Å². The highest BCUT2D eigenvalue weighted by Crippen LogP contribution is 2.12. The summed E-state index contributed by atoms with van der Waals surface area (Å²) in [6.07, 6.45) is 1.06. The van der Waals surface area contributed by atoms with Crippen LogP contribution < -0.4 is 21.1 Å². The van der Waals surface area contributed by atoms with Crippen LogP contribution in [0.1, 0.15) is 30.1 Å². The lowest BCUT2D eigenvalue weighted by Crippen LogP contribution is -2.35. The van der Waals surface area contributed by atoms with Gasteiger partial charge in [0, 0.05) is 31.1 Å². The molecular formula is C15H23N3O3. The smallest absolute Gasteiger partial charge is 0.251 e. The molecule has 0 heterocycles. The van der Waals surface area contributed by atoms with E-state index in [0.717, 1.165) is 0 Å². The van der Waals surface area contributed by atoms with Crippen LogP contribution >= 0.6 is 0 Å². The minimum absolute atomic E-state index is 0.0171. The minimum atomic E-state index is -0.196. The molecule has 1 atom stereocenters. The van der Waals surface area contributed by atoms with Gasteiger partial charge in [-0.05, 0) is 31.5 Å². The van der Waals surface area contributed by atoms with Crippen molar-refractivity contribution in [2.75, 3.05) is 20.2 Å². The highest BCUT2D eigenvalue weighted by molar-refractivity contribution is 5.94. The number of nitrogens with two attached hydrogens (primary N) is 1. The Kier molecular flexibility index (Phi) is 7.25. The molecule has 0 aliphatic heterocycles. The van der Waals surface area contributed by atoms with Crippen molar-refractivity contribution in [1.29, 1.82) is 0 Å². The van der Waals surface area contributed by atoms with Crippen LogP contribution in [0.5, 0.6) is 5.75 Å². The standard InChI is InChI=1S/C15H23N3O3/c1-11(16)6-7-14(19)17-8-9-18-15(20)12-4-3-5-13(10-12)21-2/h3-5,10-11H,6-9,16H2,1-2H3,(H,17,19)(H,18,20). The van der Waals surface area contributed by atoms with Gasteiger partial charge in [-0.3, -0.25) is 9.59 Å². The van der Waals surface area contributed by atoms with Crippen molar-refractivity contribution in [3.8, 4) is 5.75 Å². The summed E-state index contributed by atoms with van der Waals surface area (Å²) in [4.78, 5) is 23.3. The Balaban J connectivity index is 2.26. The Morgan fingerprint density at radius 3 is 2.67 bits per heavy atom. The van der Waals surface area contributed by atoms with E-state index in [2.05, 4.69) is 10.6 Å². The average molecular weight is 293 g/mol. The molecule has 6 heteroatoms. The summed E-state index contributed by atoms with van der Waals surface area (Å²) in [7, 11) is 1.55. The fraction of sp³-hybridized carbons (Fsp3) is 0.467. The van der Waals surface area contributed by atoms with Gasteiger partial charge in [-0.25, -0.2) is 0 Å². The van der Waals surface area contributed by atoms with E-state index in [1.54, 1.807) is 31.4 Å². The van der Waals surface area contributed by atoms with E-state index >= 15 is 0 Å². The largest absolute Gasteiger partial charge is 0.497 e. The van der Waals surface area contributed by atoms with Crippen LogP contribution in [0.2, 0.25) is 0 Å². The lowest BCUT2D eigenvalue weighted by Gasteiger charge is -2.09. The number of hydrogen-bond donors (Lipinski definition) is 3. The van der Waals surface area contributed by atoms with Gasteiger partial charge >= 0.3 is 0 Å². The van der Waals surface area contributed by atoms with Crippen molar-refractivity contribution in [2.24, 2.45) is 5.73 Å².